The maximum absolute atomic E-state index is 14.0. The van der Waals surface area contributed by atoms with Gasteiger partial charge >= 0.3 is 0 Å². The van der Waals surface area contributed by atoms with Crippen LogP contribution < -0.4 is 4.90 Å². The first-order valence-corrected chi connectivity index (χ1v) is 6.53. The van der Waals surface area contributed by atoms with E-state index in [-0.39, 0.29) is 11.2 Å². The van der Waals surface area contributed by atoms with Crippen LogP contribution in [-0.2, 0) is 5.41 Å². The molecule has 0 saturated heterocycles. The maximum atomic E-state index is 14.0. The average Bonchev–Trinajstić information content (AvgIpc) is 2.28. The van der Waals surface area contributed by atoms with Crippen molar-refractivity contribution in [3.63, 3.8) is 0 Å². The summed E-state index contributed by atoms with van der Waals surface area (Å²) in [5, 5.41) is 0. The Bertz CT molecular complexity index is 373. The van der Waals surface area contributed by atoms with Crippen LogP contribution in [0.2, 0.25) is 0 Å². The summed E-state index contributed by atoms with van der Waals surface area (Å²) in [6.07, 6.45) is 1.53. The maximum Gasteiger partial charge on any atom is 0.146 e. The molecule has 100 valence electrons. The number of nitrogens with zero attached hydrogens (tertiary/aromatic N) is 1. The molecule has 1 aromatic rings. The van der Waals surface area contributed by atoms with Crippen molar-refractivity contribution in [2.75, 3.05) is 18.0 Å². The lowest BCUT2D eigenvalue weighted by Crippen LogP contribution is -2.26. The van der Waals surface area contributed by atoms with Gasteiger partial charge in [0, 0.05) is 13.1 Å². The van der Waals surface area contributed by atoms with E-state index >= 15 is 0 Å². The van der Waals surface area contributed by atoms with Gasteiger partial charge in [-0.1, -0.05) is 40.7 Å². The van der Waals surface area contributed by atoms with Gasteiger partial charge in [0.2, 0.25) is 0 Å². The molecule has 0 aliphatic heterocycles. The van der Waals surface area contributed by atoms with Crippen molar-refractivity contribution in [2.24, 2.45) is 0 Å². The quantitative estimate of drug-likeness (QED) is 0.748. The fourth-order valence-electron chi connectivity index (χ4n) is 1.96. The minimum absolute atomic E-state index is 0.0308. The van der Waals surface area contributed by atoms with Crippen molar-refractivity contribution in [1.82, 2.24) is 0 Å². The summed E-state index contributed by atoms with van der Waals surface area (Å²) in [5.41, 5.74) is 1.86. The third kappa shape index (κ3) is 3.72. The van der Waals surface area contributed by atoms with Crippen LogP contribution in [0.5, 0.6) is 0 Å². The molecule has 18 heavy (non-hydrogen) atoms. The van der Waals surface area contributed by atoms with Gasteiger partial charge in [0.1, 0.15) is 5.82 Å². The van der Waals surface area contributed by atoms with Gasteiger partial charge in [-0.3, -0.25) is 0 Å². The molecular weight excluding hydrogens is 225 g/mol. The standard InChI is InChI=1S/C16H24FN/c1-6-10-18(11-7-2)15-12-13(16(3,4)5)8-9-14(15)17/h8-9,12H,1-2,6-7,10-11H2,3-5H3. The minimum atomic E-state index is -0.162. The van der Waals surface area contributed by atoms with Crippen LogP contribution in [0.25, 0.3) is 0 Å². The number of hydrogen-bond donors (Lipinski definition) is 0. The Morgan fingerprint density at radius 3 is 2.11 bits per heavy atom. The van der Waals surface area contributed by atoms with E-state index in [1.165, 1.54) is 0 Å². The van der Waals surface area contributed by atoms with Crippen molar-refractivity contribution >= 4 is 5.69 Å². The fraction of sp³-hybridized carbons (Fsp3) is 0.500. The highest BCUT2D eigenvalue weighted by atomic mass is 19.1. The highest BCUT2D eigenvalue weighted by molar-refractivity contribution is 5.51. The van der Waals surface area contributed by atoms with E-state index in [4.69, 9.17) is 0 Å². The van der Waals surface area contributed by atoms with Crippen LogP contribution in [0.15, 0.2) is 18.2 Å². The molecule has 2 heteroatoms. The molecule has 0 aromatic heterocycles. The van der Waals surface area contributed by atoms with Crippen LogP contribution in [0.3, 0.4) is 0 Å². The number of hydrogen-bond acceptors (Lipinski definition) is 1. The third-order valence-electron chi connectivity index (χ3n) is 3.01. The zero-order valence-corrected chi connectivity index (χ0v) is 11.8. The normalized spacial score (nSPS) is 11.7. The van der Waals surface area contributed by atoms with Crippen molar-refractivity contribution in [3.8, 4) is 0 Å². The predicted octanol–water partition coefficient (Wildman–Crippen LogP) is 4.38. The second kappa shape index (κ2) is 6.21. The molecule has 0 N–H and O–H groups in total. The van der Waals surface area contributed by atoms with E-state index < -0.39 is 0 Å². The Hall–Kier alpha value is -1.05. The van der Waals surface area contributed by atoms with Crippen molar-refractivity contribution in [3.05, 3.63) is 43.4 Å². The Labute approximate surface area is 111 Å². The lowest BCUT2D eigenvalue weighted by atomic mass is 9.86. The van der Waals surface area contributed by atoms with Gasteiger partial charge in [-0.15, -0.1) is 0 Å². The Kier molecular flexibility index (Phi) is 5.18. The van der Waals surface area contributed by atoms with E-state index in [9.17, 15) is 4.39 Å². The molecule has 1 rings (SSSR count). The van der Waals surface area contributed by atoms with E-state index in [1.807, 2.05) is 17.0 Å². The number of anilines is 1. The topological polar surface area (TPSA) is 3.24 Å². The van der Waals surface area contributed by atoms with Gasteiger partial charge in [0.25, 0.3) is 0 Å². The first kappa shape index (κ1) is 15.0. The van der Waals surface area contributed by atoms with Crippen LogP contribution in [0.4, 0.5) is 10.1 Å². The average molecular weight is 249 g/mol. The summed E-state index contributed by atoms with van der Waals surface area (Å²) in [7, 11) is 0. The molecule has 2 radical (unpaired) electrons. The molecule has 0 unspecified atom stereocenters. The number of benzene rings is 1. The second-order valence-corrected chi connectivity index (χ2v) is 5.61. The molecule has 0 bridgehead atoms. The van der Waals surface area contributed by atoms with E-state index in [1.54, 1.807) is 6.07 Å². The smallest absolute Gasteiger partial charge is 0.146 e. The highest BCUT2D eigenvalue weighted by Crippen LogP contribution is 2.28. The van der Waals surface area contributed by atoms with Gasteiger partial charge in [-0.25, -0.2) is 4.39 Å². The zero-order chi connectivity index (χ0) is 13.8. The van der Waals surface area contributed by atoms with Crippen LogP contribution in [-0.4, -0.2) is 13.1 Å². The molecule has 1 nitrogen and oxygen atoms in total. The summed E-state index contributed by atoms with van der Waals surface area (Å²) in [4.78, 5) is 2.03. The van der Waals surface area contributed by atoms with E-state index in [2.05, 4.69) is 34.6 Å². The molecule has 0 aliphatic carbocycles. The Morgan fingerprint density at radius 1 is 1.11 bits per heavy atom. The van der Waals surface area contributed by atoms with Gasteiger partial charge in [0.05, 0.1) is 5.69 Å². The molecule has 0 fully saturated rings. The lowest BCUT2D eigenvalue weighted by Gasteiger charge is -2.27. The predicted molar refractivity (Wildman–Crippen MR) is 77.3 cm³/mol. The number of halogens is 1. The molecular formula is C16H24FN. The third-order valence-corrected chi connectivity index (χ3v) is 3.01. The molecule has 0 spiro atoms. The van der Waals surface area contributed by atoms with E-state index in [0.717, 1.165) is 31.5 Å². The van der Waals surface area contributed by atoms with Crippen molar-refractivity contribution in [2.45, 2.75) is 39.0 Å². The second-order valence-electron chi connectivity index (χ2n) is 5.61. The van der Waals surface area contributed by atoms with Crippen molar-refractivity contribution < 1.29 is 4.39 Å². The minimum Gasteiger partial charge on any atom is -0.369 e. The zero-order valence-electron chi connectivity index (χ0n) is 11.8. The summed E-state index contributed by atoms with van der Waals surface area (Å²) in [6.45, 7) is 15.6. The molecule has 0 aliphatic rings. The van der Waals surface area contributed by atoms with Crippen molar-refractivity contribution in [1.29, 1.82) is 0 Å². The highest BCUT2D eigenvalue weighted by Gasteiger charge is 2.17. The summed E-state index contributed by atoms with van der Waals surface area (Å²) >= 11 is 0. The summed E-state index contributed by atoms with van der Waals surface area (Å²) in [5.74, 6) is -0.162. The first-order chi connectivity index (χ1) is 8.40. The van der Waals surface area contributed by atoms with E-state index in [0.29, 0.717) is 5.69 Å². The Morgan fingerprint density at radius 2 is 1.67 bits per heavy atom. The summed E-state index contributed by atoms with van der Waals surface area (Å²) < 4.78 is 14.0. The largest absolute Gasteiger partial charge is 0.369 e. The van der Waals surface area contributed by atoms with Gasteiger partial charge in [0.15, 0.2) is 0 Å². The SMILES string of the molecule is [CH2]CCN(CC[CH2])c1cc(C(C)(C)C)ccc1F. The molecule has 0 saturated carbocycles. The van der Waals surface area contributed by atoms with Gasteiger partial charge in [-0.2, -0.15) is 0 Å². The van der Waals surface area contributed by atoms with Crippen LogP contribution in [0, 0.1) is 19.7 Å². The molecule has 1 aromatic carbocycles. The first-order valence-electron chi connectivity index (χ1n) is 6.53. The van der Waals surface area contributed by atoms with Gasteiger partial charge in [-0.05, 0) is 36.0 Å². The van der Waals surface area contributed by atoms with Crippen LogP contribution in [0.1, 0.15) is 39.2 Å². The molecule has 0 heterocycles. The fourth-order valence-corrected chi connectivity index (χ4v) is 1.96. The summed E-state index contributed by atoms with van der Waals surface area (Å²) in [6, 6.07) is 5.39. The number of rotatable bonds is 5. The van der Waals surface area contributed by atoms with Gasteiger partial charge < -0.3 is 4.90 Å². The molecule has 0 amide bonds. The molecule has 0 atom stereocenters. The monoisotopic (exact) mass is 249 g/mol. The van der Waals surface area contributed by atoms with Crippen LogP contribution >= 0.6 is 0 Å². The Balaban J connectivity index is 3.11. The lowest BCUT2D eigenvalue weighted by molar-refractivity contribution is 0.579.